The van der Waals surface area contributed by atoms with Crippen molar-refractivity contribution in [3.63, 3.8) is 0 Å². The van der Waals surface area contributed by atoms with Crippen LogP contribution in [0, 0.1) is 5.82 Å². The molecule has 1 saturated heterocycles. The summed E-state index contributed by atoms with van der Waals surface area (Å²) in [7, 11) is 2.02. The van der Waals surface area contributed by atoms with E-state index in [1.54, 1.807) is 6.07 Å². The smallest absolute Gasteiger partial charge is 0.124 e. The predicted molar refractivity (Wildman–Crippen MR) is 80.7 cm³/mol. The SMILES string of the molecule is CNC(Cc1ccc(F)cc1Br)C1(C)CCCS1. The van der Waals surface area contributed by atoms with Crippen LogP contribution in [0.2, 0.25) is 0 Å². The van der Waals surface area contributed by atoms with Gasteiger partial charge in [0, 0.05) is 15.3 Å². The molecule has 2 atom stereocenters. The fourth-order valence-corrected chi connectivity index (χ4v) is 4.56. The fourth-order valence-electron chi connectivity index (χ4n) is 2.61. The van der Waals surface area contributed by atoms with Gasteiger partial charge in [-0.1, -0.05) is 22.0 Å². The Balaban J connectivity index is 2.15. The van der Waals surface area contributed by atoms with Gasteiger partial charge >= 0.3 is 0 Å². The van der Waals surface area contributed by atoms with Crippen molar-refractivity contribution >= 4 is 27.7 Å². The molecule has 2 rings (SSSR count). The largest absolute Gasteiger partial charge is 0.315 e. The Kier molecular flexibility index (Phi) is 4.73. The third-order valence-corrected chi connectivity index (χ3v) is 6.15. The first-order chi connectivity index (χ1) is 8.55. The quantitative estimate of drug-likeness (QED) is 0.894. The third kappa shape index (κ3) is 3.09. The molecule has 1 nitrogen and oxygen atoms in total. The highest BCUT2D eigenvalue weighted by Gasteiger charge is 2.37. The van der Waals surface area contributed by atoms with E-state index in [4.69, 9.17) is 0 Å². The molecule has 0 spiro atoms. The Morgan fingerprint density at radius 1 is 1.56 bits per heavy atom. The van der Waals surface area contributed by atoms with E-state index in [0.29, 0.717) is 10.8 Å². The van der Waals surface area contributed by atoms with Gasteiger partial charge < -0.3 is 5.32 Å². The van der Waals surface area contributed by atoms with Gasteiger partial charge in [0.1, 0.15) is 5.82 Å². The van der Waals surface area contributed by atoms with Crippen LogP contribution in [0.3, 0.4) is 0 Å². The minimum absolute atomic E-state index is 0.187. The highest BCUT2D eigenvalue weighted by atomic mass is 79.9. The average Bonchev–Trinajstić information content (AvgIpc) is 2.76. The van der Waals surface area contributed by atoms with Gasteiger partial charge in [-0.15, -0.1) is 0 Å². The topological polar surface area (TPSA) is 12.0 Å². The van der Waals surface area contributed by atoms with E-state index in [2.05, 4.69) is 39.9 Å². The maximum absolute atomic E-state index is 13.1. The van der Waals surface area contributed by atoms with Gasteiger partial charge in [-0.2, -0.15) is 11.8 Å². The van der Waals surface area contributed by atoms with Crippen LogP contribution in [0.15, 0.2) is 22.7 Å². The summed E-state index contributed by atoms with van der Waals surface area (Å²) >= 11 is 5.51. The van der Waals surface area contributed by atoms with Crippen molar-refractivity contribution < 1.29 is 4.39 Å². The van der Waals surface area contributed by atoms with Crippen LogP contribution in [0.25, 0.3) is 0 Å². The maximum Gasteiger partial charge on any atom is 0.124 e. The molecular weight excluding hydrogens is 313 g/mol. The van der Waals surface area contributed by atoms with Crippen molar-refractivity contribution in [1.82, 2.24) is 5.32 Å². The Morgan fingerprint density at radius 3 is 2.89 bits per heavy atom. The van der Waals surface area contributed by atoms with Gasteiger partial charge in [0.15, 0.2) is 0 Å². The van der Waals surface area contributed by atoms with Crippen LogP contribution in [0.1, 0.15) is 25.3 Å². The highest BCUT2D eigenvalue weighted by Crippen LogP contribution is 2.41. The summed E-state index contributed by atoms with van der Waals surface area (Å²) in [6, 6.07) is 5.39. The Bertz CT molecular complexity index is 418. The molecule has 1 aromatic rings. The Labute approximate surface area is 121 Å². The number of hydrogen-bond donors (Lipinski definition) is 1. The van der Waals surface area contributed by atoms with Crippen LogP contribution in [-0.4, -0.2) is 23.6 Å². The second kappa shape index (κ2) is 5.93. The second-order valence-electron chi connectivity index (χ2n) is 5.05. The second-order valence-corrected chi connectivity index (χ2v) is 7.53. The zero-order valence-electron chi connectivity index (χ0n) is 10.8. The Morgan fingerprint density at radius 2 is 2.33 bits per heavy atom. The lowest BCUT2D eigenvalue weighted by molar-refractivity contribution is 0.423. The Hall–Kier alpha value is -0.0600. The van der Waals surface area contributed by atoms with E-state index in [9.17, 15) is 4.39 Å². The molecule has 1 fully saturated rings. The van der Waals surface area contributed by atoms with Crippen LogP contribution < -0.4 is 5.32 Å². The molecule has 0 radical (unpaired) electrons. The number of thioether (sulfide) groups is 1. The average molecular weight is 332 g/mol. The van der Waals surface area contributed by atoms with Gasteiger partial charge in [-0.25, -0.2) is 4.39 Å². The van der Waals surface area contributed by atoms with Crippen molar-refractivity contribution in [2.24, 2.45) is 0 Å². The first-order valence-corrected chi connectivity index (χ1v) is 8.08. The lowest BCUT2D eigenvalue weighted by atomic mass is 9.91. The summed E-state index contributed by atoms with van der Waals surface area (Å²) in [5.74, 6) is 1.06. The molecule has 0 aromatic heterocycles. The van der Waals surface area contributed by atoms with Gasteiger partial charge in [0.25, 0.3) is 0 Å². The van der Waals surface area contributed by atoms with Crippen LogP contribution in [0.5, 0.6) is 0 Å². The molecule has 1 aliphatic heterocycles. The highest BCUT2D eigenvalue weighted by molar-refractivity contribution is 9.10. The molecule has 1 aliphatic rings. The number of halogens is 2. The minimum atomic E-state index is -0.187. The standard InChI is InChI=1S/C14H19BrFNS/c1-14(6-3-7-18-14)13(17-2)8-10-4-5-11(16)9-12(10)15/h4-5,9,13,17H,3,6-8H2,1-2H3. The third-order valence-electron chi connectivity index (χ3n) is 3.77. The minimum Gasteiger partial charge on any atom is -0.315 e. The van der Waals surface area contributed by atoms with E-state index < -0.39 is 0 Å². The van der Waals surface area contributed by atoms with Crippen LogP contribution in [0.4, 0.5) is 4.39 Å². The van der Waals surface area contributed by atoms with Gasteiger partial charge in [-0.3, -0.25) is 0 Å². The van der Waals surface area contributed by atoms with Gasteiger partial charge in [-0.05, 0) is 56.7 Å². The van der Waals surface area contributed by atoms with E-state index in [1.807, 2.05) is 13.1 Å². The first kappa shape index (κ1) is 14.4. The number of rotatable bonds is 4. The monoisotopic (exact) mass is 331 g/mol. The molecule has 0 saturated carbocycles. The number of likely N-dealkylation sites (N-methyl/N-ethyl adjacent to an activating group) is 1. The molecule has 4 heteroatoms. The summed E-state index contributed by atoms with van der Waals surface area (Å²) in [5.41, 5.74) is 1.17. The maximum atomic E-state index is 13.1. The van der Waals surface area contributed by atoms with Gasteiger partial charge in [0.2, 0.25) is 0 Å². The summed E-state index contributed by atoms with van der Waals surface area (Å²) in [5, 5.41) is 3.44. The number of benzene rings is 1. The zero-order chi connectivity index (χ0) is 13.2. The fraction of sp³-hybridized carbons (Fsp3) is 0.571. The molecule has 2 unspecified atom stereocenters. The number of nitrogens with one attached hydrogen (secondary N) is 1. The van der Waals surface area contributed by atoms with Crippen molar-refractivity contribution in [3.8, 4) is 0 Å². The van der Waals surface area contributed by atoms with E-state index in [0.717, 1.165) is 10.9 Å². The molecule has 0 aliphatic carbocycles. The zero-order valence-corrected chi connectivity index (χ0v) is 13.2. The summed E-state index contributed by atoms with van der Waals surface area (Å²) in [6.45, 7) is 2.34. The predicted octanol–water partition coefficient (Wildman–Crippen LogP) is 4.00. The summed E-state index contributed by atoms with van der Waals surface area (Å²) in [6.07, 6.45) is 3.48. The first-order valence-electron chi connectivity index (χ1n) is 6.30. The van der Waals surface area contributed by atoms with E-state index >= 15 is 0 Å². The van der Waals surface area contributed by atoms with E-state index in [-0.39, 0.29) is 5.82 Å². The summed E-state index contributed by atoms with van der Waals surface area (Å²) < 4.78 is 14.3. The molecule has 0 amide bonds. The van der Waals surface area contributed by atoms with Crippen LogP contribution in [-0.2, 0) is 6.42 Å². The van der Waals surface area contributed by atoms with Crippen molar-refractivity contribution in [2.75, 3.05) is 12.8 Å². The van der Waals surface area contributed by atoms with Crippen molar-refractivity contribution in [2.45, 2.75) is 37.0 Å². The summed E-state index contributed by atoms with van der Waals surface area (Å²) in [4.78, 5) is 0. The molecule has 0 bridgehead atoms. The van der Waals surface area contributed by atoms with Gasteiger partial charge in [0.05, 0.1) is 0 Å². The molecule has 18 heavy (non-hydrogen) atoms. The van der Waals surface area contributed by atoms with Crippen LogP contribution >= 0.6 is 27.7 Å². The lowest BCUT2D eigenvalue weighted by Gasteiger charge is -2.33. The molecule has 1 N–H and O–H groups in total. The molecule has 100 valence electrons. The molecule has 1 aromatic carbocycles. The lowest BCUT2D eigenvalue weighted by Crippen LogP contribution is -2.45. The number of hydrogen-bond acceptors (Lipinski definition) is 2. The molecule has 1 heterocycles. The normalized spacial score (nSPS) is 25.3. The molecular formula is C14H19BrFNS. The van der Waals surface area contributed by atoms with Crippen molar-refractivity contribution in [1.29, 1.82) is 0 Å². The van der Waals surface area contributed by atoms with Crippen molar-refractivity contribution in [3.05, 3.63) is 34.1 Å². The van der Waals surface area contributed by atoms with E-state index in [1.165, 1.54) is 30.2 Å².